The number of carbonyl (C=O) groups excluding carboxylic acids is 1. The van der Waals surface area contributed by atoms with Crippen LogP contribution in [0.2, 0.25) is 0 Å². The number of alkyl halides is 3. The zero-order chi connectivity index (χ0) is 21.1. The Morgan fingerprint density at radius 2 is 2.00 bits per heavy atom. The lowest BCUT2D eigenvalue weighted by atomic mass is 9.97. The monoisotopic (exact) mass is 440 g/mol. The second-order valence-electron chi connectivity index (χ2n) is 7.50. The summed E-state index contributed by atoms with van der Waals surface area (Å²) in [5, 5.41) is 1.93. The van der Waals surface area contributed by atoms with E-state index in [9.17, 15) is 18.0 Å². The molecule has 0 spiro atoms. The van der Waals surface area contributed by atoms with Gasteiger partial charge in [-0.15, -0.1) is 11.3 Å². The minimum absolute atomic E-state index is 0.0492. The minimum atomic E-state index is -4.23. The van der Waals surface area contributed by atoms with Crippen LogP contribution in [0.1, 0.15) is 17.7 Å². The van der Waals surface area contributed by atoms with Gasteiger partial charge in [0.1, 0.15) is 13.2 Å². The second kappa shape index (κ2) is 8.85. The first-order valence-electron chi connectivity index (χ1n) is 9.91. The third-order valence-electron chi connectivity index (χ3n) is 5.36. The highest BCUT2D eigenvalue weighted by Crippen LogP contribution is 2.36. The molecule has 1 saturated heterocycles. The lowest BCUT2D eigenvalue weighted by Crippen LogP contribution is -2.47. The maximum absolute atomic E-state index is 13.2. The molecular weight excluding hydrogens is 417 g/mol. The van der Waals surface area contributed by atoms with E-state index in [2.05, 4.69) is 0 Å². The number of rotatable bonds is 5. The molecule has 30 heavy (non-hydrogen) atoms. The molecular formula is C21H23F3N2O3S. The molecule has 2 aliphatic rings. The average molecular weight is 440 g/mol. The fourth-order valence-electron chi connectivity index (χ4n) is 3.82. The molecule has 1 unspecified atom stereocenters. The van der Waals surface area contributed by atoms with Crippen molar-refractivity contribution in [1.29, 1.82) is 0 Å². The molecule has 0 bridgehead atoms. The third-order valence-corrected chi connectivity index (χ3v) is 6.22. The summed E-state index contributed by atoms with van der Waals surface area (Å²) in [6.45, 7) is 1.57. The molecule has 2 aromatic rings. The molecule has 1 aromatic heterocycles. The number of thiophene rings is 1. The Labute approximate surface area is 177 Å². The zero-order valence-corrected chi connectivity index (χ0v) is 17.2. The van der Waals surface area contributed by atoms with Gasteiger partial charge in [0.15, 0.2) is 11.5 Å². The molecule has 0 aliphatic carbocycles. The number of hydrogen-bond acceptors (Lipinski definition) is 5. The highest BCUT2D eigenvalue weighted by atomic mass is 32.1. The van der Waals surface area contributed by atoms with Crippen molar-refractivity contribution in [3.63, 3.8) is 0 Å². The van der Waals surface area contributed by atoms with Gasteiger partial charge in [0.25, 0.3) is 0 Å². The molecule has 1 atom stereocenters. The summed E-state index contributed by atoms with van der Waals surface area (Å²) < 4.78 is 50.6. The number of piperidine rings is 1. The smallest absolute Gasteiger partial charge is 0.393 e. The fraction of sp³-hybridized carbons (Fsp3) is 0.476. The number of likely N-dealkylation sites (tertiary alicyclic amines) is 1. The van der Waals surface area contributed by atoms with Crippen molar-refractivity contribution in [2.45, 2.75) is 25.6 Å². The molecule has 3 heterocycles. The standard InChI is InChI=1S/C21H23F3N2O3S/c22-21(23,24)15-3-1-7-25(12-15)14-20(27)26(13-17-4-2-10-30-17)16-5-6-18-19(11-16)29-9-8-28-18/h2,4-6,10-11,15H,1,3,7-9,12-14H2. The topological polar surface area (TPSA) is 42.0 Å². The summed E-state index contributed by atoms with van der Waals surface area (Å²) in [4.78, 5) is 17.4. The molecule has 1 fully saturated rings. The summed E-state index contributed by atoms with van der Waals surface area (Å²) in [5.74, 6) is -0.419. The Balaban J connectivity index is 1.53. The summed E-state index contributed by atoms with van der Waals surface area (Å²) in [6, 6.07) is 9.15. The van der Waals surface area contributed by atoms with Crippen molar-refractivity contribution in [2.75, 3.05) is 37.7 Å². The molecule has 5 nitrogen and oxygen atoms in total. The molecule has 9 heteroatoms. The quantitative estimate of drug-likeness (QED) is 0.694. The lowest BCUT2D eigenvalue weighted by molar-refractivity contribution is -0.187. The Kier molecular flexibility index (Phi) is 6.19. The Bertz CT molecular complexity index is 873. The van der Waals surface area contributed by atoms with Crippen molar-refractivity contribution in [3.8, 4) is 11.5 Å². The van der Waals surface area contributed by atoms with Gasteiger partial charge in [0.05, 0.1) is 19.0 Å². The molecule has 2 aliphatic heterocycles. The van der Waals surface area contributed by atoms with Crippen LogP contribution in [0.25, 0.3) is 0 Å². The van der Waals surface area contributed by atoms with E-state index in [1.54, 1.807) is 28.0 Å². The Morgan fingerprint density at radius 3 is 2.73 bits per heavy atom. The maximum Gasteiger partial charge on any atom is 0.393 e. The van der Waals surface area contributed by atoms with Crippen molar-refractivity contribution in [3.05, 3.63) is 40.6 Å². The average Bonchev–Trinajstić information content (AvgIpc) is 3.24. The summed E-state index contributed by atoms with van der Waals surface area (Å²) in [5.41, 5.74) is 0.641. The van der Waals surface area contributed by atoms with E-state index in [1.807, 2.05) is 17.5 Å². The van der Waals surface area contributed by atoms with Gasteiger partial charge in [-0.2, -0.15) is 13.2 Å². The number of halogens is 3. The molecule has 162 valence electrons. The van der Waals surface area contributed by atoms with Crippen LogP contribution < -0.4 is 14.4 Å². The highest BCUT2D eigenvalue weighted by molar-refractivity contribution is 7.09. The Hall–Kier alpha value is -2.26. The van der Waals surface area contributed by atoms with Gasteiger partial charge < -0.3 is 14.4 Å². The molecule has 1 aromatic carbocycles. The number of ether oxygens (including phenoxy) is 2. The van der Waals surface area contributed by atoms with E-state index >= 15 is 0 Å². The number of fused-ring (bicyclic) bond motifs is 1. The fourth-order valence-corrected chi connectivity index (χ4v) is 4.52. The van der Waals surface area contributed by atoms with Gasteiger partial charge in [-0.05, 0) is 43.0 Å². The van der Waals surface area contributed by atoms with Crippen LogP contribution in [-0.2, 0) is 11.3 Å². The van der Waals surface area contributed by atoms with Crippen molar-refractivity contribution < 1.29 is 27.4 Å². The summed E-state index contributed by atoms with van der Waals surface area (Å²) >= 11 is 1.53. The van der Waals surface area contributed by atoms with Crippen LogP contribution in [0.4, 0.5) is 18.9 Å². The first-order chi connectivity index (χ1) is 14.4. The van der Waals surface area contributed by atoms with Crippen molar-refractivity contribution >= 4 is 22.9 Å². The summed E-state index contributed by atoms with van der Waals surface area (Å²) in [6.07, 6.45) is -3.67. The Morgan fingerprint density at radius 1 is 1.20 bits per heavy atom. The molecule has 0 N–H and O–H groups in total. The summed E-state index contributed by atoms with van der Waals surface area (Å²) in [7, 11) is 0. The third kappa shape index (κ3) is 4.89. The molecule has 0 saturated carbocycles. The number of anilines is 1. The lowest BCUT2D eigenvalue weighted by Gasteiger charge is -2.34. The molecule has 1 amide bonds. The van der Waals surface area contributed by atoms with Crippen LogP contribution in [-0.4, -0.2) is 49.8 Å². The normalized spacial score (nSPS) is 19.5. The van der Waals surface area contributed by atoms with Gasteiger partial charge in [0, 0.05) is 23.2 Å². The SMILES string of the molecule is O=C(CN1CCCC(C(F)(F)F)C1)N(Cc1cccs1)c1ccc2c(c1)OCCO2. The zero-order valence-electron chi connectivity index (χ0n) is 16.4. The predicted octanol–water partition coefficient (Wildman–Crippen LogP) is 4.33. The first kappa shape index (κ1) is 21.0. The van der Waals surface area contributed by atoms with Gasteiger partial charge >= 0.3 is 6.18 Å². The molecule has 4 rings (SSSR count). The van der Waals surface area contributed by atoms with Crippen LogP contribution >= 0.6 is 11.3 Å². The number of nitrogens with zero attached hydrogens (tertiary/aromatic N) is 2. The van der Waals surface area contributed by atoms with Crippen LogP contribution in [0.3, 0.4) is 0 Å². The van der Waals surface area contributed by atoms with E-state index in [0.29, 0.717) is 49.9 Å². The predicted molar refractivity (Wildman–Crippen MR) is 108 cm³/mol. The molecule has 0 radical (unpaired) electrons. The van der Waals surface area contributed by atoms with Crippen LogP contribution in [0, 0.1) is 5.92 Å². The minimum Gasteiger partial charge on any atom is -0.486 e. The van der Waals surface area contributed by atoms with Gasteiger partial charge in [0.2, 0.25) is 5.91 Å². The van der Waals surface area contributed by atoms with Gasteiger partial charge in [-0.3, -0.25) is 9.69 Å². The van der Waals surface area contributed by atoms with E-state index < -0.39 is 12.1 Å². The number of hydrogen-bond donors (Lipinski definition) is 0. The van der Waals surface area contributed by atoms with Crippen molar-refractivity contribution in [1.82, 2.24) is 4.90 Å². The number of carbonyl (C=O) groups is 1. The first-order valence-corrected chi connectivity index (χ1v) is 10.8. The van der Waals surface area contributed by atoms with Crippen LogP contribution in [0.15, 0.2) is 35.7 Å². The maximum atomic E-state index is 13.2. The van der Waals surface area contributed by atoms with Gasteiger partial charge in [-0.1, -0.05) is 6.07 Å². The van der Waals surface area contributed by atoms with Crippen molar-refractivity contribution in [2.24, 2.45) is 5.92 Å². The second-order valence-corrected chi connectivity index (χ2v) is 8.54. The number of benzene rings is 1. The van der Waals surface area contributed by atoms with E-state index in [-0.39, 0.29) is 25.4 Å². The highest BCUT2D eigenvalue weighted by Gasteiger charge is 2.42. The largest absolute Gasteiger partial charge is 0.486 e. The van der Waals surface area contributed by atoms with E-state index in [0.717, 1.165) is 4.88 Å². The van der Waals surface area contributed by atoms with Gasteiger partial charge in [-0.25, -0.2) is 0 Å². The number of amides is 1. The van der Waals surface area contributed by atoms with E-state index in [1.165, 1.54) is 11.3 Å². The van der Waals surface area contributed by atoms with Crippen LogP contribution in [0.5, 0.6) is 11.5 Å². The van der Waals surface area contributed by atoms with E-state index in [4.69, 9.17) is 9.47 Å².